The first kappa shape index (κ1) is 16.4. The molecule has 1 atom stereocenters. The van der Waals surface area contributed by atoms with Crippen LogP contribution < -0.4 is 15.0 Å². The number of ether oxygens (including phenoxy) is 2. The maximum Gasteiger partial charge on any atom is 0.258 e. The van der Waals surface area contributed by atoms with Crippen LogP contribution in [0.4, 0.5) is 0 Å². The Labute approximate surface area is 147 Å². The third-order valence-electron chi connectivity index (χ3n) is 5.44. The Morgan fingerprint density at radius 2 is 1.88 bits per heavy atom. The van der Waals surface area contributed by atoms with Crippen LogP contribution in [0.15, 0.2) is 16.9 Å². The summed E-state index contributed by atoms with van der Waals surface area (Å²) in [6, 6.07) is 4.66. The molecule has 6 heteroatoms. The van der Waals surface area contributed by atoms with Crippen molar-refractivity contribution in [3.63, 3.8) is 0 Å². The van der Waals surface area contributed by atoms with Crippen LogP contribution in [0.1, 0.15) is 38.4 Å². The van der Waals surface area contributed by atoms with Crippen LogP contribution in [0.2, 0.25) is 0 Å². The van der Waals surface area contributed by atoms with Crippen molar-refractivity contribution < 1.29 is 9.47 Å². The van der Waals surface area contributed by atoms with Gasteiger partial charge in [-0.25, -0.2) is 4.98 Å². The van der Waals surface area contributed by atoms with Gasteiger partial charge in [0.25, 0.3) is 5.56 Å². The third-order valence-corrected chi connectivity index (χ3v) is 5.44. The Hall–Kier alpha value is -2.08. The first-order chi connectivity index (χ1) is 12.1. The summed E-state index contributed by atoms with van der Waals surface area (Å²) in [6.07, 6.45) is 5.14. The highest BCUT2D eigenvalue weighted by Gasteiger charge is 2.39. The Kier molecular flexibility index (Phi) is 4.15. The average Bonchev–Trinajstić information content (AvgIpc) is 3.49. The van der Waals surface area contributed by atoms with E-state index in [2.05, 4.69) is 16.8 Å². The molecule has 1 N–H and O–H groups in total. The predicted molar refractivity (Wildman–Crippen MR) is 96.2 cm³/mol. The number of hydrogen-bond donors (Lipinski definition) is 1. The second kappa shape index (κ2) is 6.33. The lowest BCUT2D eigenvalue weighted by Gasteiger charge is -2.28. The molecule has 0 radical (unpaired) electrons. The van der Waals surface area contributed by atoms with E-state index in [9.17, 15) is 4.79 Å². The van der Waals surface area contributed by atoms with Crippen LogP contribution in [0.5, 0.6) is 11.5 Å². The van der Waals surface area contributed by atoms with Gasteiger partial charge in [0.05, 0.1) is 31.7 Å². The summed E-state index contributed by atoms with van der Waals surface area (Å²) in [5.74, 6) is 2.66. The van der Waals surface area contributed by atoms with Gasteiger partial charge in [-0.3, -0.25) is 9.69 Å². The Balaban J connectivity index is 1.68. The van der Waals surface area contributed by atoms with E-state index in [1.165, 1.54) is 25.7 Å². The second-order valence-electron chi connectivity index (χ2n) is 7.22. The zero-order valence-corrected chi connectivity index (χ0v) is 15.0. The van der Waals surface area contributed by atoms with E-state index in [0.717, 1.165) is 11.7 Å². The lowest BCUT2D eigenvalue weighted by molar-refractivity contribution is 0.166. The highest BCUT2D eigenvalue weighted by molar-refractivity contribution is 5.81. The van der Waals surface area contributed by atoms with E-state index in [1.807, 2.05) is 0 Å². The summed E-state index contributed by atoms with van der Waals surface area (Å²) < 4.78 is 10.6. The molecule has 6 nitrogen and oxygen atoms in total. The van der Waals surface area contributed by atoms with Gasteiger partial charge in [-0.05, 0) is 44.6 Å². The zero-order valence-electron chi connectivity index (χ0n) is 15.0. The fourth-order valence-corrected chi connectivity index (χ4v) is 3.62. The fraction of sp³-hybridized carbons (Fsp3) is 0.579. The van der Waals surface area contributed by atoms with Gasteiger partial charge >= 0.3 is 0 Å². The van der Waals surface area contributed by atoms with Crippen LogP contribution in [0.25, 0.3) is 10.9 Å². The number of hydrogen-bond acceptors (Lipinski definition) is 5. The average molecular weight is 343 g/mol. The quantitative estimate of drug-likeness (QED) is 0.837. The number of fused-ring (bicyclic) bond motifs is 1. The van der Waals surface area contributed by atoms with Gasteiger partial charge < -0.3 is 14.5 Å². The molecule has 2 aromatic rings. The summed E-state index contributed by atoms with van der Waals surface area (Å²) in [6.45, 7) is 3.00. The van der Waals surface area contributed by atoms with Gasteiger partial charge in [0.2, 0.25) is 0 Å². The van der Waals surface area contributed by atoms with E-state index in [1.54, 1.807) is 26.4 Å². The van der Waals surface area contributed by atoms with Gasteiger partial charge in [-0.1, -0.05) is 0 Å². The third kappa shape index (κ3) is 3.23. The molecule has 2 fully saturated rings. The van der Waals surface area contributed by atoms with Crippen molar-refractivity contribution >= 4 is 10.9 Å². The smallest absolute Gasteiger partial charge is 0.258 e. The normalized spacial score (nSPS) is 18.6. The number of nitrogens with zero attached hydrogens (tertiary/aromatic N) is 2. The van der Waals surface area contributed by atoms with Crippen molar-refractivity contribution in [1.29, 1.82) is 0 Å². The number of H-pyrrole nitrogens is 1. The van der Waals surface area contributed by atoms with E-state index >= 15 is 0 Å². The number of aromatic nitrogens is 2. The highest BCUT2D eigenvalue weighted by atomic mass is 16.5. The minimum Gasteiger partial charge on any atom is -0.493 e. The minimum atomic E-state index is -0.129. The Morgan fingerprint density at radius 3 is 2.48 bits per heavy atom. The molecule has 2 saturated carbocycles. The second-order valence-corrected chi connectivity index (χ2v) is 7.22. The number of benzene rings is 1. The largest absolute Gasteiger partial charge is 0.493 e. The predicted octanol–water partition coefficient (Wildman–Crippen LogP) is 2.70. The molecule has 134 valence electrons. The van der Waals surface area contributed by atoms with Gasteiger partial charge in [-0.2, -0.15) is 0 Å². The molecular formula is C19H25N3O3. The first-order valence-electron chi connectivity index (χ1n) is 9.01. The molecule has 0 spiro atoms. The lowest BCUT2D eigenvalue weighted by atomic mass is 10.1. The van der Waals surface area contributed by atoms with E-state index in [4.69, 9.17) is 14.5 Å². The summed E-state index contributed by atoms with van der Waals surface area (Å²) in [5, 5.41) is 0.523. The molecule has 1 heterocycles. The van der Waals surface area contributed by atoms with Gasteiger partial charge in [0.15, 0.2) is 11.5 Å². The molecule has 0 aliphatic heterocycles. The first-order valence-corrected chi connectivity index (χ1v) is 9.01. The molecule has 0 bridgehead atoms. The van der Waals surface area contributed by atoms with Gasteiger partial charge in [0.1, 0.15) is 5.82 Å². The molecule has 2 aliphatic carbocycles. The van der Waals surface area contributed by atoms with Crippen molar-refractivity contribution in [2.45, 2.75) is 51.2 Å². The fourth-order valence-electron chi connectivity index (χ4n) is 3.62. The molecule has 0 unspecified atom stereocenters. The minimum absolute atomic E-state index is 0.129. The number of aromatic amines is 1. The molecular weight excluding hydrogens is 318 g/mol. The van der Waals surface area contributed by atoms with Crippen LogP contribution in [-0.4, -0.2) is 41.2 Å². The van der Waals surface area contributed by atoms with Crippen LogP contribution in [0.3, 0.4) is 0 Å². The maximum absolute atomic E-state index is 12.5. The molecule has 4 rings (SSSR count). The van der Waals surface area contributed by atoms with Crippen LogP contribution in [-0.2, 0) is 6.54 Å². The summed E-state index contributed by atoms with van der Waals surface area (Å²) in [4.78, 5) is 22.7. The molecule has 1 aromatic carbocycles. The van der Waals surface area contributed by atoms with Crippen molar-refractivity contribution in [1.82, 2.24) is 14.9 Å². The Morgan fingerprint density at radius 1 is 1.20 bits per heavy atom. The molecule has 1 aromatic heterocycles. The summed E-state index contributed by atoms with van der Waals surface area (Å²) >= 11 is 0. The lowest BCUT2D eigenvalue weighted by Crippen LogP contribution is -2.37. The van der Waals surface area contributed by atoms with Crippen molar-refractivity contribution in [2.24, 2.45) is 5.92 Å². The van der Waals surface area contributed by atoms with Crippen molar-refractivity contribution in [3.8, 4) is 11.5 Å². The van der Waals surface area contributed by atoms with Crippen molar-refractivity contribution in [3.05, 3.63) is 28.3 Å². The van der Waals surface area contributed by atoms with Gasteiger partial charge in [0, 0.05) is 18.2 Å². The molecule has 2 aliphatic rings. The van der Waals surface area contributed by atoms with Crippen molar-refractivity contribution in [2.75, 3.05) is 14.2 Å². The van der Waals surface area contributed by atoms with Crippen LogP contribution >= 0.6 is 0 Å². The monoisotopic (exact) mass is 343 g/mol. The maximum atomic E-state index is 12.5. The topological polar surface area (TPSA) is 67.5 Å². The number of methoxy groups -OCH3 is 2. The molecule has 0 amide bonds. The van der Waals surface area contributed by atoms with E-state index < -0.39 is 0 Å². The van der Waals surface area contributed by atoms with E-state index in [-0.39, 0.29) is 5.56 Å². The summed E-state index contributed by atoms with van der Waals surface area (Å²) in [5.41, 5.74) is 0.516. The zero-order chi connectivity index (χ0) is 17.6. The van der Waals surface area contributed by atoms with E-state index in [0.29, 0.717) is 41.0 Å². The number of nitrogens with one attached hydrogen (secondary N) is 1. The SMILES string of the molecule is COc1cc2nc(CN(C3CC3)[C@@H](C)C3CC3)[nH]c(=O)c2cc1OC. The molecule has 25 heavy (non-hydrogen) atoms. The number of rotatable bonds is 7. The van der Waals surface area contributed by atoms with Crippen LogP contribution in [0, 0.1) is 5.92 Å². The standard InChI is InChI=1S/C19H25N3O3/c1-11(12-4-5-12)22(13-6-7-13)10-18-20-15-9-17(25-3)16(24-2)8-14(15)19(23)21-18/h8-9,11-13H,4-7,10H2,1-3H3,(H,20,21,23)/t11-/m0/s1. The van der Waals surface area contributed by atoms with Gasteiger partial charge in [-0.15, -0.1) is 0 Å². The highest BCUT2D eigenvalue weighted by Crippen LogP contribution is 2.40. The summed E-state index contributed by atoms with van der Waals surface area (Å²) in [7, 11) is 3.15. The molecule has 0 saturated heterocycles. The Bertz CT molecular complexity index is 840.